The molecule has 3 aromatic heterocycles. The van der Waals surface area contributed by atoms with Gasteiger partial charge in [0.15, 0.2) is 0 Å². The third kappa shape index (κ3) is 4.94. The first-order valence-corrected chi connectivity index (χ1v) is 13.0. The largest absolute Gasteiger partial charge is 0.424 e. The van der Waals surface area contributed by atoms with Gasteiger partial charge in [0.05, 0.1) is 17.2 Å². The number of rotatable bonds is 5. The molecule has 1 aliphatic rings. The van der Waals surface area contributed by atoms with Crippen molar-refractivity contribution in [3.05, 3.63) is 117 Å². The van der Waals surface area contributed by atoms with Crippen LogP contribution in [0.3, 0.4) is 0 Å². The van der Waals surface area contributed by atoms with Crippen LogP contribution in [0.25, 0.3) is 11.0 Å². The van der Waals surface area contributed by atoms with Crippen molar-refractivity contribution >= 4 is 16.7 Å². The van der Waals surface area contributed by atoms with Crippen LogP contribution in [-0.4, -0.2) is 44.3 Å². The van der Waals surface area contributed by atoms with Crippen molar-refractivity contribution in [3.8, 4) is 6.07 Å². The van der Waals surface area contributed by atoms with Crippen molar-refractivity contribution < 1.29 is 13.2 Å². The maximum absolute atomic E-state index is 13.9. The van der Waals surface area contributed by atoms with E-state index in [1.807, 2.05) is 4.90 Å². The zero-order valence-electron chi connectivity index (χ0n) is 22.3. The van der Waals surface area contributed by atoms with Crippen molar-refractivity contribution in [2.45, 2.75) is 19.0 Å². The molecule has 0 N–H and O–H groups in total. The molecule has 0 amide bonds. The standard InChI is InChI=1S/C30H25F2N7O2/c1-18-35-36-30(41-18)26-17-38(25-15-27(40)37(2)24-12-11-23(16-33)34-28(24)25)13-14-39(26)29(19-3-7-21(31)8-4-19)20-5-9-22(32)10-6-20/h3-12,15,26,29H,13-14,17H2,1-2H3. The van der Waals surface area contributed by atoms with Gasteiger partial charge in [-0.05, 0) is 47.5 Å². The van der Waals surface area contributed by atoms with Crippen LogP contribution in [-0.2, 0) is 7.05 Å². The van der Waals surface area contributed by atoms with Crippen LogP contribution in [0, 0.1) is 29.9 Å². The van der Waals surface area contributed by atoms with E-state index in [1.54, 1.807) is 50.4 Å². The fourth-order valence-electron chi connectivity index (χ4n) is 5.47. The lowest BCUT2D eigenvalue weighted by atomic mass is 9.94. The third-order valence-corrected chi connectivity index (χ3v) is 7.48. The summed E-state index contributed by atoms with van der Waals surface area (Å²) in [6.45, 7) is 3.02. The summed E-state index contributed by atoms with van der Waals surface area (Å²) in [6, 6.07) is 18.5. The second-order valence-corrected chi connectivity index (χ2v) is 9.97. The Morgan fingerprint density at radius 3 is 2.22 bits per heavy atom. The number of fused-ring (bicyclic) bond motifs is 1. The Morgan fingerprint density at radius 1 is 0.976 bits per heavy atom. The Kier molecular flexibility index (Phi) is 6.77. The van der Waals surface area contributed by atoms with Gasteiger partial charge in [-0.3, -0.25) is 9.69 Å². The summed E-state index contributed by atoms with van der Waals surface area (Å²) in [7, 11) is 1.67. The molecule has 9 nitrogen and oxygen atoms in total. The predicted molar refractivity (Wildman–Crippen MR) is 147 cm³/mol. The summed E-state index contributed by atoms with van der Waals surface area (Å²) in [6.07, 6.45) is 0. The first-order chi connectivity index (χ1) is 19.8. The van der Waals surface area contributed by atoms with Gasteiger partial charge in [-0.15, -0.1) is 10.2 Å². The highest BCUT2D eigenvalue weighted by Crippen LogP contribution is 2.39. The molecule has 206 valence electrons. The highest BCUT2D eigenvalue weighted by Gasteiger charge is 2.38. The van der Waals surface area contributed by atoms with Crippen LogP contribution in [0.15, 0.2) is 75.9 Å². The number of piperazine rings is 1. The molecule has 0 radical (unpaired) electrons. The van der Waals surface area contributed by atoms with E-state index >= 15 is 0 Å². The smallest absolute Gasteiger partial charge is 0.252 e. The van der Waals surface area contributed by atoms with Crippen molar-refractivity contribution in [2.75, 3.05) is 24.5 Å². The van der Waals surface area contributed by atoms with Crippen molar-refractivity contribution in [1.29, 1.82) is 5.26 Å². The summed E-state index contributed by atoms with van der Waals surface area (Å²) >= 11 is 0. The molecule has 41 heavy (non-hydrogen) atoms. The monoisotopic (exact) mass is 553 g/mol. The lowest BCUT2D eigenvalue weighted by Gasteiger charge is -2.45. The average molecular weight is 554 g/mol. The van der Waals surface area contributed by atoms with Gasteiger partial charge in [-0.1, -0.05) is 24.3 Å². The number of nitrogens with zero attached hydrogens (tertiary/aromatic N) is 7. The number of halogens is 2. The Bertz CT molecular complexity index is 1780. The lowest BCUT2D eigenvalue weighted by Crippen LogP contribution is -2.50. The van der Waals surface area contributed by atoms with E-state index in [1.165, 1.54) is 34.9 Å². The molecule has 5 aromatic rings. The van der Waals surface area contributed by atoms with Crippen LogP contribution in [0.5, 0.6) is 0 Å². The Hall–Kier alpha value is -4.95. The molecule has 1 atom stereocenters. The number of pyridine rings is 2. The molecule has 2 aromatic carbocycles. The van der Waals surface area contributed by atoms with E-state index in [9.17, 15) is 18.8 Å². The number of nitriles is 1. The normalized spacial score (nSPS) is 15.9. The Morgan fingerprint density at radius 2 is 1.63 bits per heavy atom. The number of anilines is 1. The molecule has 1 aliphatic heterocycles. The molecule has 6 rings (SSSR count). The van der Waals surface area contributed by atoms with E-state index in [0.717, 1.165) is 11.1 Å². The number of aryl methyl sites for hydroxylation is 2. The fraction of sp³-hybridized carbons (Fsp3) is 0.233. The Balaban J connectivity index is 1.47. The first-order valence-electron chi connectivity index (χ1n) is 13.0. The van der Waals surface area contributed by atoms with E-state index < -0.39 is 6.04 Å². The summed E-state index contributed by atoms with van der Waals surface area (Å²) in [5.41, 5.74) is 3.40. The summed E-state index contributed by atoms with van der Waals surface area (Å²) in [5.74, 6) is 0.0568. The molecule has 1 saturated heterocycles. The minimum absolute atomic E-state index is 0.206. The van der Waals surface area contributed by atoms with Crippen molar-refractivity contribution in [2.24, 2.45) is 7.05 Å². The maximum atomic E-state index is 13.9. The van der Waals surface area contributed by atoms with Gasteiger partial charge in [0, 0.05) is 39.7 Å². The highest BCUT2D eigenvalue weighted by molar-refractivity contribution is 5.88. The predicted octanol–water partition coefficient (Wildman–Crippen LogP) is 4.43. The molecular weight excluding hydrogens is 528 g/mol. The van der Waals surface area contributed by atoms with Gasteiger partial charge in [-0.25, -0.2) is 13.8 Å². The van der Waals surface area contributed by atoms with Gasteiger partial charge in [0.1, 0.15) is 35.0 Å². The Labute approximate surface area is 233 Å². The summed E-state index contributed by atoms with van der Waals surface area (Å²) in [5, 5.41) is 17.9. The summed E-state index contributed by atoms with van der Waals surface area (Å²) in [4.78, 5) is 21.7. The molecule has 4 heterocycles. The van der Waals surface area contributed by atoms with Crippen LogP contribution in [0.2, 0.25) is 0 Å². The number of benzene rings is 2. The molecule has 1 fully saturated rings. The van der Waals surface area contributed by atoms with Gasteiger partial charge >= 0.3 is 0 Å². The third-order valence-electron chi connectivity index (χ3n) is 7.48. The van der Waals surface area contributed by atoms with Crippen LogP contribution >= 0.6 is 0 Å². The van der Waals surface area contributed by atoms with Crippen LogP contribution in [0.4, 0.5) is 14.5 Å². The fourth-order valence-corrected chi connectivity index (χ4v) is 5.47. The molecule has 1 unspecified atom stereocenters. The van der Waals surface area contributed by atoms with E-state index in [4.69, 9.17) is 4.42 Å². The molecule has 0 aliphatic carbocycles. The molecule has 0 bridgehead atoms. The van der Waals surface area contributed by atoms with E-state index in [-0.39, 0.29) is 28.9 Å². The molecular formula is C30H25F2N7O2. The average Bonchev–Trinajstić information content (AvgIpc) is 3.43. The van der Waals surface area contributed by atoms with E-state index in [2.05, 4.69) is 26.2 Å². The SMILES string of the molecule is Cc1nnc(C2CN(c3cc(=O)n(C)c4ccc(C#N)nc34)CCN2C(c2ccc(F)cc2)c2ccc(F)cc2)o1. The van der Waals surface area contributed by atoms with Crippen molar-refractivity contribution in [3.63, 3.8) is 0 Å². The molecule has 0 saturated carbocycles. The van der Waals surface area contributed by atoms with Crippen molar-refractivity contribution in [1.82, 2.24) is 24.6 Å². The van der Waals surface area contributed by atoms with Gasteiger partial charge in [-0.2, -0.15) is 5.26 Å². The van der Waals surface area contributed by atoms with Gasteiger partial charge in [0.25, 0.3) is 5.56 Å². The molecule has 11 heteroatoms. The van der Waals surface area contributed by atoms with Crippen LogP contribution in [0.1, 0.15) is 40.7 Å². The number of hydrogen-bond acceptors (Lipinski definition) is 8. The van der Waals surface area contributed by atoms with Gasteiger partial charge < -0.3 is 13.9 Å². The van der Waals surface area contributed by atoms with Gasteiger partial charge in [0.2, 0.25) is 11.8 Å². The minimum atomic E-state index is -0.455. The lowest BCUT2D eigenvalue weighted by molar-refractivity contribution is 0.117. The highest BCUT2D eigenvalue weighted by atomic mass is 19.1. The maximum Gasteiger partial charge on any atom is 0.252 e. The second-order valence-electron chi connectivity index (χ2n) is 9.97. The number of hydrogen-bond donors (Lipinski definition) is 0. The number of aromatic nitrogens is 4. The van der Waals surface area contributed by atoms with Crippen LogP contribution < -0.4 is 10.5 Å². The first kappa shape index (κ1) is 26.3. The van der Waals surface area contributed by atoms with E-state index in [0.29, 0.717) is 48.1 Å². The zero-order chi connectivity index (χ0) is 28.7. The summed E-state index contributed by atoms with van der Waals surface area (Å²) < 4.78 is 35.3. The topological polar surface area (TPSA) is 104 Å². The second kappa shape index (κ2) is 10.6. The minimum Gasteiger partial charge on any atom is -0.424 e. The zero-order valence-corrected chi connectivity index (χ0v) is 22.3. The quantitative estimate of drug-likeness (QED) is 0.315. The molecule has 0 spiro atoms.